The summed E-state index contributed by atoms with van der Waals surface area (Å²) >= 11 is 1.53. The number of hydrogen-bond acceptors (Lipinski definition) is 4. The Kier molecular flexibility index (Phi) is 4.87. The van der Waals surface area contributed by atoms with Crippen molar-refractivity contribution in [3.05, 3.63) is 46.2 Å². The van der Waals surface area contributed by atoms with Crippen molar-refractivity contribution in [2.24, 2.45) is 0 Å². The van der Waals surface area contributed by atoms with Crippen LogP contribution in [-0.4, -0.2) is 18.6 Å². The second kappa shape index (κ2) is 6.63. The van der Waals surface area contributed by atoms with Crippen molar-refractivity contribution in [1.82, 2.24) is 10.3 Å². The van der Waals surface area contributed by atoms with Crippen LogP contribution in [0.2, 0.25) is 0 Å². The maximum absolute atomic E-state index is 13.5. The standard InChI is InChI=1S/C14H17FN2OS/c1-3-6-16-14(12-8-19-9-17-12)11-7-10(15)4-5-13(11)18-2/h4-5,7-9,14,16H,3,6H2,1-2H3. The average molecular weight is 280 g/mol. The molecule has 19 heavy (non-hydrogen) atoms. The zero-order valence-corrected chi connectivity index (χ0v) is 11.8. The van der Waals surface area contributed by atoms with E-state index >= 15 is 0 Å². The number of ether oxygens (including phenoxy) is 1. The summed E-state index contributed by atoms with van der Waals surface area (Å²) in [6.45, 7) is 2.93. The molecular weight excluding hydrogens is 263 g/mol. The van der Waals surface area contributed by atoms with Crippen molar-refractivity contribution < 1.29 is 9.13 Å². The largest absolute Gasteiger partial charge is 0.496 e. The summed E-state index contributed by atoms with van der Waals surface area (Å²) < 4.78 is 18.8. The van der Waals surface area contributed by atoms with E-state index in [0.29, 0.717) is 5.75 Å². The highest BCUT2D eigenvalue weighted by Crippen LogP contribution is 2.30. The van der Waals surface area contributed by atoms with Crippen molar-refractivity contribution in [2.75, 3.05) is 13.7 Å². The van der Waals surface area contributed by atoms with Gasteiger partial charge in [0, 0.05) is 10.9 Å². The second-order valence-electron chi connectivity index (χ2n) is 4.19. The third-order valence-corrected chi connectivity index (χ3v) is 3.45. The minimum absolute atomic E-state index is 0.142. The van der Waals surface area contributed by atoms with Gasteiger partial charge in [-0.1, -0.05) is 6.92 Å². The van der Waals surface area contributed by atoms with Crippen LogP contribution in [0.5, 0.6) is 5.75 Å². The summed E-state index contributed by atoms with van der Waals surface area (Å²) in [5.74, 6) is 0.400. The second-order valence-corrected chi connectivity index (χ2v) is 4.91. The first-order valence-electron chi connectivity index (χ1n) is 6.21. The Morgan fingerprint density at radius 2 is 2.32 bits per heavy atom. The van der Waals surface area contributed by atoms with E-state index in [1.807, 2.05) is 5.38 Å². The number of benzene rings is 1. The Morgan fingerprint density at radius 3 is 2.95 bits per heavy atom. The lowest BCUT2D eigenvalue weighted by Crippen LogP contribution is -2.24. The van der Waals surface area contributed by atoms with Crippen LogP contribution in [0.3, 0.4) is 0 Å². The molecule has 0 amide bonds. The Hall–Kier alpha value is -1.46. The molecule has 0 aliphatic heterocycles. The summed E-state index contributed by atoms with van der Waals surface area (Å²) in [6.07, 6.45) is 0.998. The van der Waals surface area contributed by atoms with Crippen LogP contribution in [0.4, 0.5) is 4.39 Å². The van der Waals surface area contributed by atoms with Gasteiger partial charge >= 0.3 is 0 Å². The lowest BCUT2D eigenvalue weighted by molar-refractivity contribution is 0.401. The number of halogens is 1. The fraction of sp³-hybridized carbons (Fsp3) is 0.357. The molecule has 1 aromatic heterocycles. The number of methoxy groups -OCH3 is 1. The fourth-order valence-corrected chi connectivity index (χ4v) is 2.54. The van der Waals surface area contributed by atoms with Gasteiger partial charge in [0.15, 0.2) is 0 Å². The Balaban J connectivity index is 2.39. The van der Waals surface area contributed by atoms with Gasteiger partial charge in [-0.15, -0.1) is 11.3 Å². The number of thiazole rings is 1. The molecule has 0 aliphatic rings. The first-order chi connectivity index (χ1) is 9.26. The lowest BCUT2D eigenvalue weighted by Gasteiger charge is -2.19. The Morgan fingerprint density at radius 1 is 1.47 bits per heavy atom. The number of hydrogen-bond donors (Lipinski definition) is 1. The minimum Gasteiger partial charge on any atom is -0.496 e. The molecular formula is C14H17FN2OS. The maximum atomic E-state index is 13.5. The average Bonchev–Trinajstić information content (AvgIpc) is 2.93. The summed E-state index contributed by atoms with van der Waals surface area (Å²) in [5.41, 5.74) is 3.45. The van der Waals surface area contributed by atoms with Crippen LogP contribution in [-0.2, 0) is 0 Å². The first kappa shape index (κ1) is 14.0. The smallest absolute Gasteiger partial charge is 0.124 e. The van der Waals surface area contributed by atoms with Crippen molar-refractivity contribution in [3.63, 3.8) is 0 Å². The molecule has 3 nitrogen and oxygen atoms in total. The molecule has 0 bridgehead atoms. The first-order valence-corrected chi connectivity index (χ1v) is 7.15. The van der Waals surface area contributed by atoms with E-state index in [0.717, 1.165) is 24.2 Å². The Bertz CT molecular complexity index is 516. The van der Waals surface area contributed by atoms with Gasteiger partial charge in [0.2, 0.25) is 0 Å². The predicted octanol–water partition coefficient (Wildman–Crippen LogP) is 3.38. The molecule has 0 saturated heterocycles. The van der Waals surface area contributed by atoms with E-state index in [4.69, 9.17) is 4.74 Å². The van der Waals surface area contributed by atoms with Gasteiger partial charge in [-0.3, -0.25) is 0 Å². The highest BCUT2D eigenvalue weighted by molar-refractivity contribution is 7.07. The van der Waals surface area contributed by atoms with Crippen LogP contribution in [0.25, 0.3) is 0 Å². The van der Waals surface area contributed by atoms with Crippen LogP contribution in [0, 0.1) is 5.82 Å². The van der Waals surface area contributed by atoms with E-state index in [1.165, 1.54) is 23.5 Å². The fourth-order valence-electron chi connectivity index (χ4n) is 1.96. The Labute approximate surface area is 116 Å². The molecule has 0 spiro atoms. The maximum Gasteiger partial charge on any atom is 0.124 e. The van der Waals surface area contributed by atoms with Gasteiger partial charge in [-0.2, -0.15) is 0 Å². The number of nitrogens with one attached hydrogen (secondary N) is 1. The molecule has 1 aromatic carbocycles. The molecule has 2 rings (SSSR count). The van der Waals surface area contributed by atoms with Crippen molar-refractivity contribution in [3.8, 4) is 5.75 Å². The summed E-state index contributed by atoms with van der Waals surface area (Å²) in [6, 6.07) is 4.42. The quantitative estimate of drug-likeness (QED) is 0.881. The lowest BCUT2D eigenvalue weighted by atomic mass is 10.0. The molecule has 0 aliphatic carbocycles. The molecule has 5 heteroatoms. The zero-order chi connectivity index (χ0) is 13.7. The van der Waals surface area contributed by atoms with Gasteiger partial charge in [0.1, 0.15) is 11.6 Å². The summed E-state index contributed by atoms with van der Waals surface area (Å²) in [4.78, 5) is 4.33. The highest BCUT2D eigenvalue weighted by Gasteiger charge is 2.20. The van der Waals surface area contributed by atoms with E-state index in [1.54, 1.807) is 18.7 Å². The molecule has 102 valence electrons. The van der Waals surface area contributed by atoms with E-state index in [9.17, 15) is 4.39 Å². The van der Waals surface area contributed by atoms with Crippen LogP contribution in [0.1, 0.15) is 30.6 Å². The van der Waals surface area contributed by atoms with Crippen LogP contribution < -0.4 is 10.1 Å². The van der Waals surface area contributed by atoms with E-state index < -0.39 is 0 Å². The molecule has 1 heterocycles. The van der Waals surface area contributed by atoms with E-state index in [2.05, 4.69) is 17.2 Å². The van der Waals surface area contributed by atoms with E-state index in [-0.39, 0.29) is 11.9 Å². The predicted molar refractivity (Wildman–Crippen MR) is 75.2 cm³/mol. The highest BCUT2D eigenvalue weighted by atomic mass is 32.1. The van der Waals surface area contributed by atoms with Gasteiger partial charge in [0.05, 0.1) is 24.4 Å². The topological polar surface area (TPSA) is 34.2 Å². The number of aromatic nitrogens is 1. The van der Waals surface area contributed by atoms with Crippen molar-refractivity contribution >= 4 is 11.3 Å². The SMILES string of the molecule is CCCNC(c1cscn1)c1cc(F)ccc1OC. The molecule has 0 fully saturated rings. The minimum atomic E-state index is -0.269. The van der Waals surface area contributed by atoms with Crippen LogP contribution >= 0.6 is 11.3 Å². The normalized spacial score (nSPS) is 12.4. The third-order valence-electron chi connectivity index (χ3n) is 2.85. The summed E-state index contributed by atoms with van der Waals surface area (Å²) in [5, 5.41) is 5.36. The molecule has 2 aromatic rings. The summed E-state index contributed by atoms with van der Waals surface area (Å²) in [7, 11) is 1.59. The van der Waals surface area contributed by atoms with Crippen molar-refractivity contribution in [1.29, 1.82) is 0 Å². The monoisotopic (exact) mass is 280 g/mol. The van der Waals surface area contributed by atoms with Crippen LogP contribution in [0.15, 0.2) is 29.1 Å². The number of rotatable bonds is 6. The third kappa shape index (κ3) is 3.30. The van der Waals surface area contributed by atoms with Gasteiger partial charge in [0.25, 0.3) is 0 Å². The molecule has 1 atom stereocenters. The molecule has 1 N–H and O–H groups in total. The van der Waals surface area contributed by atoms with Gasteiger partial charge < -0.3 is 10.1 Å². The van der Waals surface area contributed by atoms with Gasteiger partial charge in [-0.25, -0.2) is 9.37 Å². The van der Waals surface area contributed by atoms with Crippen molar-refractivity contribution in [2.45, 2.75) is 19.4 Å². The number of nitrogens with zero attached hydrogens (tertiary/aromatic N) is 1. The molecule has 0 saturated carbocycles. The zero-order valence-electron chi connectivity index (χ0n) is 11.0. The van der Waals surface area contributed by atoms with Gasteiger partial charge in [-0.05, 0) is 31.2 Å². The molecule has 1 unspecified atom stereocenters. The molecule has 0 radical (unpaired) electrons.